The van der Waals surface area contributed by atoms with E-state index in [-0.39, 0.29) is 23.6 Å². The number of hydrogen-bond donors (Lipinski definition) is 0. The summed E-state index contributed by atoms with van der Waals surface area (Å²) in [6.45, 7) is 3.25. The number of hydrogen-bond acceptors (Lipinski definition) is 4. The highest BCUT2D eigenvalue weighted by Crippen LogP contribution is 2.13. The highest BCUT2D eigenvalue weighted by molar-refractivity contribution is 5.95. The van der Waals surface area contributed by atoms with Crippen molar-refractivity contribution in [2.24, 2.45) is 0 Å². The van der Waals surface area contributed by atoms with Crippen LogP contribution in [-0.4, -0.2) is 48.5 Å². The molecule has 7 heteroatoms. The first-order chi connectivity index (χ1) is 12.5. The third-order valence-electron chi connectivity index (χ3n) is 4.36. The van der Waals surface area contributed by atoms with Crippen molar-refractivity contribution < 1.29 is 18.7 Å². The molecule has 1 saturated heterocycles. The highest BCUT2D eigenvalue weighted by atomic mass is 19.1. The first kappa shape index (κ1) is 18.3. The van der Waals surface area contributed by atoms with Crippen molar-refractivity contribution >= 4 is 5.91 Å². The summed E-state index contributed by atoms with van der Waals surface area (Å²) in [5.41, 5.74) is 0.772. The van der Waals surface area contributed by atoms with E-state index in [0.29, 0.717) is 37.4 Å². The summed E-state index contributed by atoms with van der Waals surface area (Å²) in [7, 11) is 1.64. The minimum atomic E-state index is -0.429. The molecular weight excluding hydrogens is 339 g/mol. The molecule has 3 rings (SSSR count). The number of aromatic nitrogens is 1. The van der Waals surface area contributed by atoms with Crippen LogP contribution in [0.4, 0.5) is 4.39 Å². The number of carbonyl (C=O) groups excluding carboxylic acids is 1. The number of ether oxygens (including phenoxy) is 2. The van der Waals surface area contributed by atoms with Gasteiger partial charge in [0, 0.05) is 31.9 Å². The minimum Gasteiger partial charge on any atom is -0.350 e. The molecule has 0 atom stereocenters. The summed E-state index contributed by atoms with van der Waals surface area (Å²) in [6, 6.07) is 7.25. The average Bonchev–Trinajstić information content (AvgIpc) is 3.14. The van der Waals surface area contributed by atoms with Crippen molar-refractivity contribution in [3.8, 4) is 5.69 Å². The van der Waals surface area contributed by atoms with Crippen LogP contribution in [0.2, 0.25) is 0 Å². The SMILES string of the molecule is Cc1ccn(-c2ccc(F)cc2)c(=O)c1C(=O)N(C)CCC1OCCO1. The maximum atomic E-state index is 13.1. The van der Waals surface area contributed by atoms with Gasteiger partial charge in [0.25, 0.3) is 11.5 Å². The Balaban J connectivity index is 1.83. The van der Waals surface area contributed by atoms with Crippen molar-refractivity contribution in [2.45, 2.75) is 19.6 Å². The molecule has 1 aliphatic rings. The number of benzene rings is 1. The number of rotatable bonds is 5. The molecule has 0 radical (unpaired) electrons. The van der Waals surface area contributed by atoms with E-state index in [1.165, 1.54) is 33.7 Å². The predicted octanol–water partition coefficient (Wildman–Crippen LogP) is 2.12. The van der Waals surface area contributed by atoms with Gasteiger partial charge in [0.05, 0.1) is 13.2 Å². The van der Waals surface area contributed by atoms with Crippen LogP contribution in [0.3, 0.4) is 0 Å². The first-order valence-electron chi connectivity index (χ1n) is 8.44. The molecule has 26 heavy (non-hydrogen) atoms. The molecule has 0 spiro atoms. The van der Waals surface area contributed by atoms with Crippen LogP contribution in [0.1, 0.15) is 22.3 Å². The van der Waals surface area contributed by atoms with Crippen molar-refractivity contribution in [3.05, 3.63) is 63.8 Å². The quantitative estimate of drug-likeness (QED) is 0.820. The van der Waals surface area contributed by atoms with E-state index in [1.54, 1.807) is 26.2 Å². The molecule has 2 heterocycles. The van der Waals surface area contributed by atoms with E-state index in [2.05, 4.69) is 0 Å². The van der Waals surface area contributed by atoms with Crippen molar-refractivity contribution in [2.75, 3.05) is 26.8 Å². The van der Waals surface area contributed by atoms with Crippen LogP contribution in [0, 0.1) is 12.7 Å². The second kappa shape index (κ2) is 7.80. The lowest BCUT2D eigenvalue weighted by Gasteiger charge is -2.20. The van der Waals surface area contributed by atoms with Crippen LogP contribution >= 0.6 is 0 Å². The van der Waals surface area contributed by atoms with Gasteiger partial charge in [0.15, 0.2) is 6.29 Å². The lowest BCUT2D eigenvalue weighted by Crippen LogP contribution is -2.36. The normalized spacial score (nSPS) is 14.6. The molecule has 138 valence electrons. The number of amides is 1. The van der Waals surface area contributed by atoms with E-state index >= 15 is 0 Å². The van der Waals surface area contributed by atoms with Crippen LogP contribution in [0.5, 0.6) is 0 Å². The fraction of sp³-hybridized carbons (Fsp3) is 0.368. The summed E-state index contributed by atoms with van der Waals surface area (Å²) >= 11 is 0. The Hall–Kier alpha value is -2.51. The predicted molar refractivity (Wildman–Crippen MR) is 94.0 cm³/mol. The zero-order valence-electron chi connectivity index (χ0n) is 14.8. The molecule has 0 bridgehead atoms. The molecule has 0 aliphatic carbocycles. The van der Waals surface area contributed by atoms with Crippen LogP contribution < -0.4 is 5.56 Å². The molecular formula is C19H21FN2O4. The van der Waals surface area contributed by atoms with Gasteiger partial charge in [-0.2, -0.15) is 0 Å². The van der Waals surface area contributed by atoms with Crippen molar-refractivity contribution in [1.82, 2.24) is 9.47 Å². The summed E-state index contributed by atoms with van der Waals surface area (Å²) in [5, 5.41) is 0. The van der Waals surface area contributed by atoms with Gasteiger partial charge in [-0.15, -0.1) is 0 Å². The van der Waals surface area contributed by atoms with E-state index < -0.39 is 5.56 Å². The molecule has 0 saturated carbocycles. The first-order valence-corrected chi connectivity index (χ1v) is 8.44. The second-order valence-corrected chi connectivity index (χ2v) is 6.21. The monoisotopic (exact) mass is 360 g/mol. The van der Waals surface area contributed by atoms with Gasteiger partial charge in [-0.05, 0) is 42.8 Å². The van der Waals surface area contributed by atoms with E-state index in [1.807, 2.05) is 0 Å². The number of halogens is 1. The van der Waals surface area contributed by atoms with Crippen LogP contribution in [0.25, 0.3) is 5.69 Å². The molecule has 2 aromatic rings. The minimum absolute atomic E-state index is 0.104. The van der Waals surface area contributed by atoms with Gasteiger partial charge in [0.2, 0.25) is 0 Å². The van der Waals surface area contributed by atoms with Gasteiger partial charge in [-0.25, -0.2) is 4.39 Å². The Morgan fingerprint density at radius 1 is 1.23 bits per heavy atom. The maximum Gasteiger partial charge on any atom is 0.268 e. The van der Waals surface area contributed by atoms with Gasteiger partial charge < -0.3 is 14.4 Å². The third kappa shape index (κ3) is 3.84. The van der Waals surface area contributed by atoms with Gasteiger partial charge in [0.1, 0.15) is 11.4 Å². The zero-order chi connectivity index (χ0) is 18.7. The van der Waals surface area contributed by atoms with Crippen molar-refractivity contribution in [3.63, 3.8) is 0 Å². The standard InChI is InChI=1S/C19H21FN2O4/c1-13-7-10-22(15-5-3-14(20)4-6-15)19(24)17(13)18(23)21(2)9-8-16-25-11-12-26-16/h3-7,10,16H,8-9,11-12H2,1-2H3. The van der Waals surface area contributed by atoms with Crippen molar-refractivity contribution in [1.29, 1.82) is 0 Å². The summed E-state index contributed by atoms with van der Waals surface area (Å²) in [6.07, 6.45) is 1.82. The molecule has 1 fully saturated rings. The third-order valence-corrected chi connectivity index (χ3v) is 4.36. The molecule has 0 unspecified atom stereocenters. The number of aryl methyl sites for hydroxylation is 1. The fourth-order valence-electron chi connectivity index (χ4n) is 2.86. The average molecular weight is 360 g/mol. The molecule has 0 N–H and O–H groups in total. The van der Waals surface area contributed by atoms with Gasteiger partial charge in [-0.3, -0.25) is 14.2 Å². The van der Waals surface area contributed by atoms with Gasteiger partial charge in [-0.1, -0.05) is 0 Å². The lowest BCUT2D eigenvalue weighted by atomic mass is 10.1. The van der Waals surface area contributed by atoms with E-state index in [0.717, 1.165) is 0 Å². The number of carbonyl (C=O) groups is 1. The molecule has 1 amide bonds. The number of nitrogens with zero attached hydrogens (tertiary/aromatic N) is 2. The van der Waals surface area contributed by atoms with E-state index in [4.69, 9.17) is 9.47 Å². The lowest BCUT2D eigenvalue weighted by molar-refractivity contribution is -0.0494. The summed E-state index contributed by atoms with van der Waals surface area (Å²) < 4.78 is 25.2. The Bertz CT molecular complexity index is 842. The Morgan fingerprint density at radius 3 is 2.54 bits per heavy atom. The number of pyridine rings is 1. The molecule has 1 aliphatic heterocycles. The summed E-state index contributed by atoms with van der Waals surface area (Å²) in [4.78, 5) is 27.1. The second-order valence-electron chi connectivity index (χ2n) is 6.21. The Labute approximate surface area is 150 Å². The van der Waals surface area contributed by atoms with E-state index in [9.17, 15) is 14.0 Å². The highest BCUT2D eigenvalue weighted by Gasteiger charge is 2.22. The van der Waals surface area contributed by atoms with Crippen LogP contribution in [0.15, 0.2) is 41.3 Å². The topological polar surface area (TPSA) is 60.8 Å². The van der Waals surface area contributed by atoms with Gasteiger partial charge >= 0.3 is 0 Å². The zero-order valence-corrected chi connectivity index (χ0v) is 14.8. The molecule has 1 aromatic carbocycles. The Kier molecular flexibility index (Phi) is 5.49. The maximum absolute atomic E-state index is 13.1. The molecule has 1 aromatic heterocycles. The summed E-state index contributed by atoms with van der Waals surface area (Å²) in [5.74, 6) is -0.747. The smallest absolute Gasteiger partial charge is 0.268 e. The largest absolute Gasteiger partial charge is 0.350 e. The molecule has 6 nitrogen and oxygen atoms in total. The Morgan fingerprint density at radius 2 is 1.88 bits per heavy atom. The van der Waals surface area contributed by atoms with Crippen LogP contribution in [-0.2, 0) is 9.47 Å². The fourth-order valence-corrected chi connectivity index (χ4v) is 2.86.